The molecule has 1 aromatic rings. The maximum absolute atomic E-state index is 10.6. The van der Waals surface area contributed by atoms with Crippen molar-refractivity contribution < 1.29 is 9.72 Å². The van der Waals surface area contributed by atoms with Gasteiger partial charge >= 0.3 is 0 Å². The van der Waals surface area contributed by atoms with E-state index in [0.29, 0.717) is 5.56 Å². The van der Waals surface area contributed by atoms with Gasteiger partial charge in [0.25, 0.3) is 5.69 Å². The molecule has 84 valence electrons. The van der Waals surface area contributed by atoms with Crippen LogP contribution in [0.2, 0.25) is 0 Å². The Morgan fingerprint density at radius 1 is 1.56 bits per heavy atom. The summed E-state index contributed by atoms with van der Waals surface area (Å²) in [6.07, 6.45) is 0. The molecule has 0 atom stereocenters. The van der Waals surface area contributed by atoms with Crippen molar-refractivity contribution in [1.29, 1.82) is 0 Å². The predicted octanol–water partition coefficient (Wildman–Crippen LogP) is 0.351. The second-order valence-corrected chi connectivity index (χ2v) is 2.97. The molecule has 7 nitrogen and oxygen atoms in total. The lowest BCUT2D eigenvalue weighted by atomic mass is 10.2. The monoisotopic (exact) mass is 222 g/mol. The van der Waals surface area contributed by atoms with E-state index in [0.717, 1.165) is 0 Å². The number of carbonyl (C=O) groups excluding carboxylic acids is 1. The molecule has 0 radical (unpaired) electrons. The lowest BCUT2D eigenvalue weighted by molar-refractivity contribution is -0.384. The van der Waals surface area contributed by atoms with E-state index >= 15 is 0 Å². The Labute approximate surface area is 91.1 Å². The predicted molar refractivity (Wildman–Crippen MR) is 57.6 cm³/mol. The standard InChI is InChI=1S/C9H10N4O3/c1-6(14)11-12-9(10)7-3-2-4-8(5-7)13(15)16/h2-5H,1H3,(H2,10,12)(H,11,14). The SMILES string of the molecule is CC(=O)N/N=C(\N)c1cccc([N+](=O)[O-])c1. The van der Waals surface area contributed by atoms with E-state index in [1.54, 1.807) is 6.07 Å². The molecule has 0 unspecified atom stereocenters. The van der Waals surface area contributed by atoms with Crippen LogP contribution in [-0.2, 0) is 4.79 Å². The number of amidine groups is 1. The van der Waals surface area contributed by atoms with E-state index in [4.69, 9.17) is 5.73 Å². The van der Waals surface area contributed by atoms with Crippen molar-refractivity contribution in [3.05, 3.63) is 39.9 Å². The van der Waals surface area contributed by atoms with Crippen molar-refractivity contribution >= 4 is 17.4 Å². The Morgan fingerprint density at radius 3 is 2.81 bits per heavy atom. The second kappa shape index (κ2) is 4.87. The molecule has 0 bridgehead atoms. The second-order valence-electron chi connectivity index (χ2n) is 2.97. The third-order valence-electron chi connectivity index (χ3n) is 1.69. The molecule has 0 aromatic heterocycles. The van der Waals surface area contributed by atoms with Gasteiger partial charge < -0.3 is 5.73 Å². The Bertz CT molecular complexity index is 456. The van der Waals surface area contributed by atoms with Crippen LogP contribution in [0.3, 0.4) is 0 Å². The maximum Gasteiger partial charge on any atom is 0.270 e. The molecule has 1 aromatic carbocycles. The molecule has 0 aliphatic heterocycles. The Morgan fingerprint density at radius 2 is 2.25 bits per heavy atom. The molecule has 3 N–H and O–H groups in total. The minimum Gasteiger partial charge on any atom is -0.382 e. The zero-order chi connectivity index (χ0) is 12.1. The first-order valence-electron chi connectivity index (χ1n) is 4.35. The van der Waals surface area contributed by atoms with E-state index in [1.165, 1.54) is 25.1 Å². The quantitative estimate of drug-likeness (QED) is 0.332. The summed E-state index contributed by atoms with van der Waals surface area (Å²) in [5.74, 6) is -0.354. The van der Waals surface area contributed by atoms with Crippen molar-refractivity contribution in [1.82, 2.24) is 5.43 Å². The summed E-state index contributed by atoms with van der Waals surface area (Å²) in [7, 11) is 0. The average molecular weight is 222 g/mol. The van der Waals surface area contributed by atoms with Gasteiger partial charge in [-0.25, -0.2) is 5.43 Å². The number of hydrazone groups is 1. The molecule has 1 amide bonds. The van der Waals surface area contributed by atoms with Crippen LogP contribution in [0.5, 0.6) is 0 Å². The van der Waals surface area contributed by atoms with Gasteiger partial charge in [-0.3, -0.25) is 14.9 Å². The highest BCUT2D eigenvalue weighted by atomic mass is 16.6. The highest BCUT2D eigenvalue weighted by Gasteiger charge is 2.07. The molecular formula is C9H10N4O3. The number of rotatable bonds is 3. The summed E-state index contributed by atoms with van der Waals surface area (Å²) < 4.78 is 0. The zero-order valence-electron chi connectivity index (χ0n) is 8.51. The normalized spacial score (nSPS) is 10.9. The Kier molecular flexibility index (Phi) is 3.54. The Balaban J connectivity index is 2.95. The van der Waals surface area contributed by atoms with Gasteiger partial charge in [-0.05, 0) is 0 Å². The van der Waals surface area contributed by atoms with E-state index in [1.807, 2.05) is 0 Å². The third kappa shape index (κ3) is 3.05. The number of nitrogens with zero attached hydrogens (tertiary/aromatic N) is 2. The van der Waals surface area contributed by atoms with E-state index in [2.05, 4.69) is 10.5 Å². The number of non-ortho nitro benzene ring substituents is 1. The fourth-order valence-corrected chi connectivity index (χ4v) is 0.982. The molecule has 1 rings (SSSR count). The molecule has 0 spiro atoms. The van der Waals surface area contributed by atoms with Gasteiger partial charge in [0.2, 0.25) is 5.91 Å². The molecule has 0 saturated carbocycles. The number of hydrogen-bond acceptors (Lipinski definition) is 4. The molecule has 0 fully saturated rings. The molecule has 0 aliphatic rings. The lowest BCUT2D eigenvalue weighted by Crippen LogP contribution is -2.21. The minimum atomic E-state index is -0.533. The lowest BCUT2D eigenvalue weighted by Gasteiger charge is -2.00. The molecule has 7 heteroatoms. The van der Waals surface area contributed by atoms with Gasteiger partial charge in [-0.15, -0.1) is 0 Å². The Hall–Kier alpha value is -2.44. The first-order chi connectivity index (χ1) is 7.50. The number of nitro benzene ring substituents is 1. The molecular weight excluding hydrogens is 212 g/mol. The van der Waals surface area contributed by atoms with Crippen LogP contribution in [0.1, 0.15) is 12.5 Å². The van der Waals surface area contributed by atoms with E-state index in [9.17, 15) is 14.9 Å². The van der Waals surface area contributed by atoms with Gasteiger partial charge in [0.15, 0.2) is 5.84 Å². The van der Waals surface area contributed by atoms with E-state index < -0.39 is 4.92 Å². The number of nitro groups is 1. The molecule has 0 heterocycles. The van der Waals surface area contributed by atoms with Crippen molar-refractivity contribution in [2.45, 2.75) is 6.92 Å². The topological polar surface area (TPSA) is 111 Å². The number of amides is 1. The van der Waals surface area contributed by atoms with Crippen LogP contribution in [0.25, 0.3) is 0 Å². The number of nitrogens with one attached hydrogen (secondary N) is 1. The highest BCUT2D eigenvalue weighted by Crippen LogP contribution is 2.12. The van der Waals surface area contributed by atoms with Crippen LogP contribution >= 0.6 is 0 Å². The smallest absolute Gasteiger partial charge is 0.270 e. The number of nitrogens with two attached hydrogens (primary N) is 1. The van der Waals surface area contributed by atoms with Crippen LogP contribution < -0.4 is 11.2 Å². The summed E-state index contributed by atoms with van der Waals surface area (Å²) in [4.78, 5) is 20.5. The van der Waals surface area contributed by atoms with Gasteiger partial charge in [-0.1, -0.05) is 12.1 Å². The average Bonchev–Trinajstić information content (AvgIpc) is 2.26. The zero-order valence-corrected chi connectivity index (χ0v) is 8.51. The summed E-state index contributed by atoms with van der Waals surface area (Å²) in [6, 6.07) is 5.67. The summed E-state index contributed by atoms with van der Waals surface area (Å²) >= 11 is 0. The van der Waals surface area contributed by atoms with Crippen molar-refractivity contribution in [2.24, 2.45) is 10.8 Å². The van der Waals surface area contributed by atoms with Crippen molar-refractivity contribution in [3.8, 4) is 0 Å². The molecule has 16 heavy (non-hydrogen) atoms. The summed E-state index contributed by atoms with van der Waals surface area (Å²) in [5.41, 5.74) is 7.96. The minimum absolute atomic E-state index is 0.0129. The molecule has 0 aliphatic carbocycles. The largest absolute Gasteiger partial charge is 0.382 e. The van der Waals surface area contributed by atoms with Gasteiger partial charge in [-0.2, -0.15) is 5.10 Å². The highest BCUT2D eigenvalue weighted by molar-refractivity contribution is 5.98. The maximum atomic E-state index is 10.6. The van der Waals surface area contributed by atoms with Crippen LogP contribution in [0.15, 0.2) is 29.4 Å². The number of carbonyl (C=O) groups is 1. The third-order valence-corrected chi connectivity index (χ3v) is 1.69. The molecule has 0 saturated heterocycles. The van der Waals surface area contributed by atoms with E-state index in [-0.39, 0.29) is 17.4 Å². The van der Waals surface area contributed by atoms with Crippen LogP contribution in [-0.4, -0.2) is 16.7 Å². The first-order valence-corrected chi connectivity index (χ1v) is 4.35. The van der Waals surface area contributed by atoms with Crippen molar-refractivity contribution in [3.63, 3.8) is 0 Å². The first kappa shape index (κ1) is 11.6. The fourth-order valence-electron chi connectivity index (χ4n) is 0.982. The van der Waals surface area contributed by atoms with Crippen molar-refractivity contribution in [2.75, 3.05) is 0 Å². The summed E-state index contributed by atoms with van der Waals surface area (Å²) in [6.45, 7) is 1.28. The van der Waals surface area contributed by atoms with Crippen LogP contribution in [0, 0.1) is 10.1 Å². The summed E-state index contributed by atoms with van der Waals surface area (Å²) in [5, 5.41) is 14.1. The van der Waals surface area contributed by atoms with Gasteiger partial charge in [0.1, 0.15) is 0 Å². The fraction of sp³-hybridized carbons (Fsp3) is 0.111. The van der Waals surface area contributed by atoms with Gasteiger partial charge in [0, 0.05) is 24.6 Å². The van der Waals surface area contributed by atoms with Gasteiger partial charge in [0.05, 0.1) is 4.92 Å². The van der Waals surface area contributed by atoms with Crippen LogP contribution in [0.4, 0.5) is 5.69 Å². The number of hydrogen-bond donors (Lipinski definition) is 2. The number of benzene rings is 1.